The van der Waals surface area contributed by atoms with Crippen LogP contribution in [0.25, 0.3) is 11.4 Å². The van der Waals surface area contributed by atoms with E-state index in [1.807, 2.05) is 18.5 Å². The van der Waals surface area contributed by atoms with Gasteiger partial charge in [-0.1, -0.05) is 11.8 Å². The molecule has 5 nitrogen and oxygen atoms in total. The lowest BCUT2D eigenvalue weighted by atomic mass is 10.2. The van der Waals surface area contributed by atoms with E-state index in [9.17, 15) is 9.18 Å². The molecule has 1 fully saturated rings. The molecule has 2 aromatic rings. The lowest BCUT2D eigenvalue weighted by Crippen LogP contribution is -2.32. The fourth-order valence-corrected chi connectivity index (χ4v) is 2.85. The van der Waals surface area contributed by atoms with Gasteiger partial charge in [-0.3, -0.25) is 4.79 Å². The minimum absolute atomic E-state index is 0.0267. The molecule has 7 heteroatoms. The lowest BCUT2D eigenvalue weighted by molar-refractivity contribution is -0.120. The van der Waals surface area contributed by atoms with Gasteiger partial charge in [-0.2, -0.15) is 0 Å². The summed E-state index contributed by atoms with van der Waals surface area (Å²) in [6, 6.07) is 6.46. The van der Waals surface area contributed by atoms with Crippen LogP contribution in [0.3, 0.4) is 0 Å². The number of amides is 1. The van der Waals surface area contributed by atoms with Crippen molar-refractivity contribution < 1.29 is 9.18 Å². The second-order valence-corrected chi connectivity index (χ2v) is 6.72. The highest BCUT2D eigenvalue weighted by molar-refractivity contribution is 8.00. The van der Waals surface area contributed by atoms with E-state index in [2.05, 4.69) is 15.5 Å². The van der Waals surface area contributed by atoms with Crippen molar-refractivity contribution >= 4 is 17.7 Å². The van der Waals surface area contributed by atoms with Gasteiger partial charge in [0.1, 0.15) is 5.82 Å². The highest BCUT2D eigenvalue weighted by atomic mass is 32.2. The zero-order chi connectivity index (χ0) is 15.7. The first-order valence-corrected chi connectivity index (χ1v) is 8.05. The molecule has 1 heterocycles. The molecule has 1 N–H and O–H groups in total. The third-order valence-electron chi connectivity index (χ3n) is 3.51. The van der Waals surface area contributed by atoms with Crippen LogP contribution in [0.1, 0.15) is 19.8 Å². The van der Waals surface area contributed by atoms with Crippen LogP contribution in [-0.4, -0.2) is 32.0 Å². The predicted molar refractivity (Wildman–Crippen MR) is 82.9 cm³/mol. The van der Waals surface area contributed by atoms with Gasteiger partial charge in [0.25, 0.3) is 0 Å². The van der Waals surface area contributed by atoms with Crippen LogP contribution in [0.5, 0.6) is 0 Å². The second kappa shape index (κ2) is 6.08. The number of hydrogen-bond acceptors (Lipinski definition) is 4. The number of benzene rings is 1. The largest absolute Gasteiger partial charge is 0.352 e. The van der Waals surface area contributed by atoms with Gasteiger partial charge in [0.2, 0.25) is 5.91 Å². The zero-order valence-electron chi connectivity index (χ0n) is 12.4. The van der Waals surface area contributed by atoms with Crippen molar-refractivity contribution in [2.45, 2.75) is 36.2 Å². The molecule has 1 amide bonds. The Kier molecular flexibility index (Phi) is 4.15. The van der Waals surface area contributed by atoms with E-state index in [1.54, 1.807) is 12.1 Å². The molecule has 22 heavy (non-hydrogen) atoms. The molecule has 0 aliphatic heterocycles. The number of hydrogen-bond donors (Lipinski definition) is 1. The van der Waals surface area contributed by atoms with E-state index >= 15 is 0 Å². The molecule has 1 aromatic heterocycles. The van der Waals surface area contributed by atoms with Crippen LogP contribution in [0.15, 0.2) is 29.4 Å². The van der Waals surface area contributed by atoms with Crippen LogP contribution < -0.4 is 5.32 Å². The summed E-state index contributed by atoms with van der Waals surface area (Å²) in [6.45, 7) is 1.86. The standard InChI is InChI=1S/C15H17FN4OS/c1-9(14(21)17-12-7-8-12)22-15-19-18-13(20(15)2)10-3-5-11(16)6-4-10/h3-6,9,12H,7-8H2,1-2H3,(H,17,21)/t9-/m0/s1. The van der Waals surface area contributed by atoms with Crippen molar-refractivity contribution in [1.29, 1.82) is 0 Å². The number of nitrogens with zero attached hydrogens (tertiary/aromatic N) is 3. The van der Waals surface area contributed by atoms with Crippen molar-refractivity contribution in [2.75, 3.05) is 0 Å². The average molecular weight is 320 g/mol. The van der Waals surface area contributed by atoms with Crippen LogP contribution in [0.2, 0.25) is 0 Å². The summed E-state index contributed by atoms with van der Waals surface area (Å²) in [4.78, 5) is 12.0. The number of thioether (sulfide) groups is 1. The Labute approximate surface area is 132 Å². The van der Waals surface area contributed by atoms with Crippen LogP contribution in [0.4, 0.5) is 4.39 Å². The Morgan fingerprint density at radius 1 is 1.36 bits per heavy atom. The molecule has 1 atom stereocenters. The maximum Gasteiger partial charge on any atom is 0.233 e. The quantitative estimate of drug-likeness (QED) is 0.859. The number of aromatic nitrogens is 3. The summed E-state index contributed by atoms with van der Waals surface area (Å²) < 4.78 is 14.8. The maximum absolute atomic E-state index is 13.0. The summed E-state index contributed by atoms with van der Waals surface area (Å²) in [5.74, 6) is 0.391. The summed E-state index contributed by atoms with van der Waals surface area (Å²) in [5, 5.41) is 11.7. The highest BCUT2D eigenvalue weighted by Crippen LogP contribution is 2.27. The van der Waals surface area contributed by atoms with Gasteiger partial charge >= 0.3 is 0 Å². The van der Waals surface area contributed by atoms with Crippen LogP contribution in [0, 0.1) is 5.82 Å². The molecule has 0 spiro atoms. The number of nitrogens with one attached hydrogen (secondary N) is 1. The Morgan fingerprint density at radius 2 is 2.05 bits per heavy atom. The Balaban J connectivity index is 1.72. The zero-order valence-corrected chi connectivity index (χ0v) is 13.2. The lowest BCUT2D eigenvalue weighted by Gasteiger charge is -2.11. The molecule has 1 aliphatic rings. The number of halogens is 1. The fraction of sp³-hybridized carbons (Fsp3) is 0.400. The normalized spacial score (nSPS) is 15.6. The van der Waals surface area contributed by atoms with E-state index in [0.29, 0.717) is 17.0 Å². The Bertz CT molecular complexity index is 681. The smallest absolute Gasteiger partial charge is 0.233 e. The molecule has 0 radical (unpaired) electrons. The Morgan fingerprint density at radius 3 is 2.68 bits per heavy atom. The Hall–Kier alpha value is -1.89. The van der Waals surface area contributed by atoms with E-state index in [-0.39, 0.29) is 17.0 Å². The van der Waals surface area contributed by atoms with Gasteiger partial charge < -0.3 is 9.88 Å². The molecule has 0 unspecified atom stereocenters. The molecular formula is C15H17FN4OS. The van der Waals surface area contributed by atoms with Gasteiger partial charge in [-0.25, -0.2) is 4.39 Å². The molecule has 116 valence electrons. The summed E-state index contributed by atoms with van der Waals surface area (Å²) in [5.41, 5.74) is 0.790. The van der Waals surface area contributed by atoms with Crippen LogP contribution >= 0.6 is 11.8 Å². The third-order valence-corrected chi connectivity index (χ3v) is 4.65. The second-order valence-electron chi connectivity index (χ2n) is 5.42. The first-order chi connectivity index (χ1) is 10.5. The van der Waals surface area contributed by atoms with E-state index in [4.69, 9.17) is 0 Å². The molecule has 3 rings (SSSR count). The maximum atomic E-state index is 13.0. The number of rotatable bonds is 5. The van der Waals surface area contributed by atoms with Gasteiger partial charge in [0, 0.05) is 18.7 Å². The van der Waals surface area contributed by atoms with Crippen molar-refractivity contribution in [1.82, 2.24) is 20.1 Å². The van der Waals surface area contributed by atoms with Crippen LogP contribution in [-0.2, 0) is 11.8 Å². The molecule has 1 saturated carbocycles. The molecule has 1 aromatic carbocycles. The van der Waals surface area contributed by atoms with Gasteiger partial charge in [-0.05, 0) is 44.0 Å². The number of carbonyl (C=O) groups excluding carboxylic acids is 1. The van der Waals surface area contributed by atoms with Gasteiger partial charge in [0.15, 0.2) is 11.0 Å². The van der Waals surface area contributed by atoms with Gasteiger partial charge in [0.05, 0.1) is 5.25 Å². The summed E-state index contributed by atoms with van der Waals surface area (Å²) in [6.07, 6.45) is 2.14. The molecule has 0 bridgehead atoms. The fourth-order valence-electron chi connectivity index (χ4n) is 2.03. The topological polar surface area (TPSA) is 59.8 Å². The third kappa shape index (κ3) is 3.30. The van der Waals surface area contributed by atoms with E-state index in [0.717, 1.165) is 18.4 Å². The molecule has 1 aliphatic carbocycles. The van der Waals surface area contributed by atoms with Crippen molar-refractivity contribution in [3.05, 3.63) is 30.1 Å². The van der Waals surface area contributed by atoms with Crippen molar-refractivity contribution in [3.63, 3.8) is 0 Å². The predicted octanol–water partition coefficient (Wildman–Crippen LogP) is 2.38. The monoisotopic (exact) mass is 320 g/mol. The highest BCUT2D eigenvalue weighted by Gasteiger charge is 2.27. The number of carbonyl (C=O) groups is 1. The van der Waals surface area contributed by atoms with Crippen molar-refractivity contribution in [3.8, 4) is 11.4 Å². The minimum atomic E-state index is -0.286. The minimum Gasteiger partial charge on any atom is -0.352 e. The van der Waals surface area contributed by atoms with Crippen molar-refractivity contribution in [2.24, 2.45) is 7.05 Å². The van der Waals surface area contributed by atoms with E-state index < -0.39 is 0 Å². The van der Waals surface area contributed by atoms with E-state index in [1.165, 1.54) is 23.9 Å². The first-order valence-electron chi connectivity index (χ1n) is 7.17. The SMILES string of the molecule is C[C@H](Sc1nnc(-c2ccc(F)cc2)n1C)C(=O)NC1CC1. The summed E-state index contributed by atoms with van der Waals surface area (Å²) in [7, 11) is 1.84. The average Bonchev–Trinajstić information content (AvgIpc) is 3.24. The summed E-state index contributed by atoms with van der Waals surface area (Å²) >= 11 is 1.37. The molecular weight excluding hydrogens is 303 g/mol. The first kappa shape index (κ1) is 15.0. The molecule has 0 saturated heterocycles. The van der Waals surface area contributed by atoms with Gasteiger partial charge in [-0.15, -0.1) is 10.2 Å².